The van der Waals surface area contributed by atoms with Crippen molar-refractivity contribution in [2.75, 3.05) is 5.73 Å². The fourth-order valence-electron chi connectivity index (χ4n) is 2.95. The number of amides is 1. The SMILES string of the molecule is Cn1c(=O)c2c(nc3nnc(C(=O)NCc4ccccc4)c(N)n32)n(C)c1=O. The molecular formula is C17H16N8O3. The summed E-state index contributed by atoms with van der Waals surface area (Å²) in [5, 5.41) is 10.5. The first-order valence-corrected chi connectivity index (χ1v) is 8.32. The van der Waals surface area contributed by atoms with E-state index in [1.54, 1.807) is 0 Å². The molecule has 11 nitrogen and oxygen atoms in total. The quantitative estimate of drug-likeness (QED) is 0.473. The van der Waals surface area contributed by atoms with E-state index >= 15 is 0 Å². The Balaban J connectivity index is 1.84. The molecule has 11 heteroatoms. The molecule has 0 saturated carbocycles. The van der Waals surface area contributed by atoms with E-state index in [-0.39, 0.29) is 35.0 Å². The number of rotatable bonds is 3. The van der Waals surface area contributed by atoms with Crippen molar-refractivity contribution in [2.24, 2.45) is 14.1 Å². The van der Waals surface area contributed by atoms with Gasteiger partial charge in [0, 0.05) is 20.6 Å². The van der Waals surface area contributed by atoms with Crippen LogP contribution in [0, 0.1) is 0 Å². The van der Waals surface area contributed by atoms with Crippen LogP contribution >= 0.6 is 0 Å². The lowest BCUT2D eigenvalue weighted by Gasteiger charge is -2.08. The zero-order chi connectivity index (χ0) is 20.0. The number of anilines is 1. The van der Waals surface area contributed by atoms with Gasteiger partial charge in [-0.05, 0) is 5.56 Å². The summed E-state index contributed by atoms with van der Waals surface area (Å²) < 4.78 is 3.38. The number of fused-ring (bicyclic) bond motifs is 3. The van der Waals surface area contributed by atoms with Crippen molar-refractivity contribution in [2.45, 2.75) is 6.54 Å². The second kappa shape index (κ2) is 6.30. The standard InChI is InChI=1S/C17H16N8O3/c1-23-13-11(15(27)24(2)17(23)28)25-12(18)10(21-22-16(25)20-13)14(26)19-8-9-6-4-3-5-7-9/h3-7H,8,18H2,1-2H3,(H,19,26). The summed E-state index contributed by atoms with van der Waals surface area (Å²) >= 11 is 0. The highest BCUT2D eigenvalue weighted by atomic mass is 16.2. The normalized spacial score (nSPS) is 11.2. The number of hydrogen-bond donors (Lipinski definition) is 2. The third-order valence-electron chi connectivity index (χ3n) is 4.47. The van der Waals surface area contributed by atoms with Crippen molar-refractivity contribution in [1.82, 2.24) is 34.0 Å². The van der Waals surface area contributed by atoms with Crippen molar-refractivity contribution in [3.05, 3.63) is 62.4 Å². The molecule has 3 N–H and O–H groups in total. The molecule has 0 atom stereocenters. The number of hydrogen-bond acceptors (Lipinski definition) is 7. The van der Waals surface area contributed by atoms with Crippen LogP contribution in [0.5, 0.6) is 0 Å². The monoisotopic (exact) mass is 380 g/mol. The molecular weight excluding hydrogens is 364 g/mol. The fraction of sp³-hybridized carbons (Fsp3) is 0.176. The Hall–Kier alpha value is -4.02. The number of aromatic nitrogens is 6. The van der Waals surface area contributed by atoms with Gasteiger partial charge in [0.25, 0.3) is 17.2 Å². The summed E-state index contributed by atoms with van der Waals surface area (Å²) in [7, 11) is 2.83. The molecule has 4 aromatic rings. The lowest BCUT2D eigenvalue weighted by atomic mass is 10.2. The van der Waals surface area contributed by atoms with Crippen LogP contribution in [0.4, 0.5) is 5.82 Å². The van der Waals surface area contributed by atoms with Gasteiger partial charge < -0.3 is 11.1 Å². The molecule has 0 bridgehead atoms. The molecule has 0 spiro atoms. The van der Waals surface area contributed by atoms with Crippen LogP contribution in [0.2, 0.25) is 0 Å². The lowest BCUT2D eigenvalue weighted by Crippen LogP contribution is -2.37. The van der Waals surface area contributed by atoms with Gasteiger partial charge in [0.15, 0.2) is 16.9 Å². The molecule has 28 heavy (non-hydrogen) atoms. The Morgan fingerprint density at radius 3 is 2.54 bits per heavy atom. The first-order chi connectivity index (χ1) is 13.4. The average molecular weight is 380 g/mol. The Bertz CT molecular complexity index is 1350. The third kappa shape index (κ3) is 2.52. The van der Waals surface area contributed by atoms with Gasteiger partial charge >= 0.3 is 5.69 Å². The molecule has 0 aliphatic rings. The van der Waals surface area contributed by atoms with Crippen LogP contribution in [0.15, 0.2) is 39.9 Å². The zero-order valence-corrected chi connectivity index (χ0v) is 15.1. The molecule has 0 saturated heterocycles. The van der Waals surface area contributed by atoms with Crippen molar-refractivity contribution in [3.8, 4) is 0 Å². The highest BCUT2D eigenvalue weighted by Gasteiger charge is 2.22. The Morgan fingerprint density at radius 1 is 1.11 bits per heavy atom. The maximum Gasteiger partial charge on any atom is 0.332 e. The minimum Gasteiger partial charge on any atom is -0.383 e. The Morgan fingerprint density at radius 2 is 1.82 bits per heavy atom. The van der Waals surface area contributed by atoms with E-state index in [0.717, 1.165) is 10.1 Å². The van der Waals surface area contributed by atoms with Crippen LogP contribution < -0.4 is 22.3 Å². The summed E-state index contributed by atoms with van der Waals surface area (Å²) in [5.41, 5.74) is 5.92. The Labute approximate surface area is 157 Å². The summed E-state index contributed by atoms with van der Waals surface area (Å²) in [5.74, 6) is -0.613. The third-order valence-corrected chi connectivity index (χ3v) is 4.47. The molecule has 3 aromatic heterocycles. The van der Waals surface area contributed by atoms with Crippen LogP contribution in [0.1, 0.15) is 16.1 Å². The number of imidazole rings is 1. The molecule has 142 valence electrons. The number of aryl methyl sites for hydroxylation is 1. The maximum atomic E-state index is 12.6. The molecule has 0 unspecified atom stereocenters. The van der Waals surface area contributed by atoms with Gasteiger partial charge in [0.2, 0.25) is 0 Å². The van der Waals surface area contributed by atoms with Gasteiger partial charge in [-0.1, -0.05) is 30.3 Å². The highest BCUT2D eigenvalue weighted by molar-refractivity contribution is 5.97. The molecule has 1 aromatic carbocycles. The van der Waals surface area contributed by atoms with Crippen molar-refractivity contribution in [3.63, 3.8) is 0 Å². The molecule has 0 fully saturated rings. The number of carbonyl (C=O) groups is 1. The van der Waals surface area contributed by atoms with Crippen molar-refractivity contribution < 1.29 is 4.79 Å². The number of benzene rings is 1. The van der Waals surface area contributed by atoms with Crippen LogP contribution in [-0.4, -0.2) is 34.6 Å². The van der Waals surface area contributed by atoms with E-state index in [2.05, 4.69) is 20.5 Å². The van der Waals surface area contributed by atoms with E-state index in [1.165, 1.54) is 23.1 Å². The largest absolute Gasteiger partial charge is 0.383 e. The van der Waals surface area contributed by atoms with Crippen LogP contribution in [0.25, 0.3) is 16.9 Å². The first kappa shape index (κ1) is 17.4. The zero-order valence-electron chi connectivity index (χ0n) is 15.1. The topological polar surface area (TPSA) is 142 Å². The lowest BCUT2D eigenvalue weighted by molar-refractivity contribution is 0.0945. The Kier molecular flexibility index (Phi) is 3.91. The predicted molar refractivity (Wildman–Crippen MR) is 101 cm³/mol. The van der Waals surface area contributed by atoms with Gasteiger partial charge in [-0.15, -0.1) is 10.2 Å². The van der Waals surface area contributed by atoms with Crippen LogP contribution in [0.3, 0.4) is 0 Å². The van der Waals surface area contributed by atoms with E-state index in [0.29, 0.717) is 0 Å². The van der Waals surface area contributed by atoms with Crippen molar-refractivity contribution >= 4 is 28.7 Å². The van der Waals surface area contributed by atoms with E-state index in [9.17, 15) is 14.4 Å². The van der Waals surface area contributed by atoms with Gasteiger partial charge in [0.05, 0.1) is 0 Å². The van der Waals surface area contributed by atoms with Crippen LogP contribution in [-0.2, 0) is 20.6 Å². The molecule has 3 heterocycles. The summed E-state index contributed by atoms with van der Waals surface area (Å²) in [6.45, 7) is 0.278. The molecule has 0 radical (unpaired) electrons. The van der Waals surface area contributed by atoms with Crippen molar-refractivity contribution in [1.29, 1.82) is 0 Å². The molecule has 0 aliphatic heterocycles. The first-order valence-electron chi connectivity index (χ1n) is 8.32. The van der Waals surface area contributed by atoms with Gasteiger partial charge in [-0.3, -0.25) is 23.1 Å². The second-order valence-electron chi connectivity index (χ2n) is 6.23. The van der Waals surface area contributed by atoms with Gasteiger partial charge in [0.1, 0.15) is 5.82 Å². The average Bonchev–Trinajstić information content (AvgIpc) is 3.10. The van der Waals surface area contributed by atoms with E-state index < -0.39 is 17.2 Å². The highest BCUT2D eigenvalue weighted by Crippen LogP contribution is 2.16. The molecule has 4 rings (SSSR count). The van der Waals surface area contributed by atoms with Gasteiger partial charge in [-0.25, -0.2) is 4.79 Å². The number of nitrogens with zero attached hydrogens (tertiary/aromatic N) is 6. The molecule has 0 aliphatic carbocycles. The number of nitrogen functional groups attached to an aromatic ring is 1. The number of nitrogens with one attached hydrogen (secondary N) is 1. The summed E-state index contributed by atoms with van der Waals surface area (Å²) in [6, 6.07) is 9.33. The number of carbonyl (C=O) groups excluding carboxylic acids is 1. The second-order valence-corrected chi connectivity index (χ2v) is 6.23. The van der Waals surface area contributed by atoms with E-state index in [4.69, 9.17) is 5.73 Å². The maximum absolute atomic E-state index is 12.6. The van der Waals surface area contributed by atoms with Gasteiger partial charge in [-0.2, -0.15) is 4.98 Å². The summed E-state index contributed by atoms with van der Waals surface area (Å²) in [6.07, 6.45) is 0. The minimum absolute atomic E-state index is 0.0189. The van der Waals surface area contributed by atoms with E-state index in [1.807, 2.05) is 30.3 Å². The smallest absolute Gasteiger partial charge is 0.332 e. The minimum atomic E-state index is -0.596. The fourth-order valence-corrected chi connectivity index (χ4v) is 2.95. The summed E-state index contributed by atoms with van der Waals surface area (Å²) in [4.78, 5) is 41.4. The predicted octanol–water partition coefficient (Wildman–Crippen LogP) is -0.813. The molecule has 1 amide bonds. The number of nitrogens with two attached hydrogens (primary N) is 1.